The van der Waals surface area contributed by atoms with E-state index in [-0.39, 0.29) is 0 Å². The first-order valence-corrected chi connectivity index (χ1v) is 7.65. The third kappa shape index (κ3) is 3.02. The Bertz CT molecular complexity index is 357. The maximum Gasteiger partial charge on any atom is 0.185 e. The maximum absolute atomic E-state index is 5.77. The largest absolute Gasteiger partial charge is 0.377 e. The van der Waals surface area contributed by atoms with E-state index in [1.807, 2.05) is 0 Å². The predicted molar refractivity (Wildman–Crippen MR) is 76.2 cm³/mol. The molecule has 1 unspecified atom stereocenters. The van der Waals surface area contributed by atoms with Gasteiger partial charge in [0, 0.05) is 31.1 Å². The van der Waals surface area contributed by atoms with Crippen LogP contribution in [0.15, 0.2) is 0 Å². The first-order valence-electron chi connectivity index (χ1n) is 6.83. The Morgan fingerprint density at radius 1 is 1.50 bits per heavy atom. The highest BCUT2D eigenvalue weighted by Crippen LogP contribution is 2.29. The quantitative estimate of drug-likeness (QED) is 0.890. The molecule has 5 heteroatoms. The zero-order chi connectivity index (χ0) is 13.0. The summed E-state index contributed by atoms with van der Waals surface area (Å²) in [6.45, 7) is 7.65. The number of aromatic nitrogens is 1. The Labute approximate surface area is 113 Å². The van der Waals surface area contributed by atoms with Gasteiger partial charge in [0.2, 0.25) is 0 Å². The van der Waals surface area contributed by atoms with Crippen LogP contribution in [-0.4, -0.2) is 30.8 Å². The smallest absolute Gasteiger partial charge is 0.185 e. The van der Waals surface area contributed by atoms with Crippen molar-refractivity contribution in [2.45, 2.75) is 45.8 Å². The number of piperidine rings is 1. The van der Waals surface area contributed by atoms with Crippen molar-refractivity contribution in [3.05, 3.63) is 10.6 Å². The second-order valence-corrected chi connectivity index (χ2v) is 5.65. The van der Waals surface area contributed by atoms with Crippen LogP contribution in [0, 0.1) is 0 Å². The standard InChI is InChI=1S/C13H23N3OS/c1-3-11-12(8-14)18-13(15-11)16-7-5-6-10(9-16)17-4-2/h10H,3-9,14H2,1-2H3. The molecule has 0 radical (unpaired) electrons. The molecular weight excluding hydrogens is 246 g/mol. The van der Waals surface area contributed by atoms with Gasteiger partial charge in [-0.15, -0.1) is 11.3 Å². The highest BCUT2D eigenvalue weighted by Gasteiger charge is 2.23. The Balaban J connectivity index is 2.08. The van der Waals surface area contributed by atoms with Crippen molar-refractivity contribution in [2.24, 2.45) is 5.73 Å². The number of nitrogens with zero attached hydrogens (tertiary/aromatic N) is 2. The van der Waals surface area contributed by atoms with Crippen LogP contribution in [0.2, 0.25) is 0 Å². The molecule has 4 nitrogen and oxygen atoms in total. The SMILES string of the molecule is CCOC1CCCN(c2nc(CC)c(CN)s2)C1. The monoisotopic (exact) mass is 269 g/mol. The van der Waals surface area contributed by atoms with Gasteiger partial charge >= 0.3 is 0 Å². The molecule has 0 spiro atoms. The first-order chi connectivity index (χ1) is 8.78. The van der Waals surface area contributed by atoms with Gasteiger partial charge in [0.25, 0.3) is 0 Å². The van der Waals surface area contributed by atoms with E-state index in [0.717, 1.165) is 36.9 Å². The third-order valence-corrected chi connectivity index (χ3v) is 4.52. The molecule has 0 aromatic carbocycles. The van der Waals surface area contributed by atoms with Gasteiger partial charge in [-0.25, -0.2) is 4.98 Å². The van der Waals surface area contributed by atoms with Crippen molar-refractivity contribution in [2.75, 3.05) is 24.6 Å². The van der Waals surface area contributed by atoms with Crippen LogP contribution in [0.25, 0.3) is 0 Å². The highest BCUT2D eigenvalue weighted by molar-refractivity contribution is 7.15. The molecule has 0 amide bonds. The summed E-state index contributed by atoms with van der Waals surface area (Å²) in [6.07, 6.45) is 3.68. The number of hydrogen-bond donors (Lipinski definition) is 1. The van der Waals surface area contributed by atoms with Crippen LogP contribution in [0.5, 0.6) is 0 Å². The van der Waals surface area contributed by atoms with Crippen LogP contribution in [0.1, 0.15) is 37.3 Å². The molecule has 1 aromatic heterocycles. The number of nitrogens with two attached hydrogens (primary N) is 1. The van der Waals surface area contributed by atoms with Crippen molar-refractivity contribution in [3.63, 3.8) is 0 Å². The summed E-state index contributed by atoms with van der Waals surface area (Å²) < 4.78 is 5.73. The molecule has 102 valence electrons. The highest BCUT2D eigenvalue weighted by atomic mass is 32.1. The fourth-order valence-electron chi connectivity index (χ4n) is 2.42. The molecule has 1 fully saturated rings. The van der Waals surface area contributed by atoms with Gasteiger partial charge in [-0.3, -0.25) is 0 Å². The van der Waals surface area contributed by atoms with E-state index in [2.05, 4.69) is 18.7 Å². The molecule has 2 heterocycles. The minimum absolute atomic E-state index is 0.360. The summed E-state index contributed by atoms with van der Waals surface area (Å²) in [5.41, 5.74) is 6.93. The fraction of sp³-hybridized carbons (Fsp3) is 0.769. The van der Waals surface area contributed by atoms with Crippen molar-refractivity contribution < 1.29 is 4.74 Å². The number of ether oxygens (including phenoxy) is 1. The molecule has 1 saturated heterocycles. The first kappa shape index (κ1) is 13.8. The molecule has 2 rings (SSSR count). The van der Waals surface area contributed by atoms with E-state index in [1.165, 1.54) is 17.7 Å². The molecule has 1 aromatic rings. The molecule has 0 aliphatic carbocycles. The summed E-state index contributed by atoms with van der Waals surface area (Å²) in [5.74, 6) is 0. The Hall–Kier alpha value is -0.650. The van der Waals surface area contributed by atoms with Crippen molar-refractivity contribution in [1.29, 1.82) is 0 Å². The topological polar surface area (TPSA) is 51.4 Å². The lowest BCUT2D eigenvalue weighted by Gasteiger charge is -2.32. The summed E-state index contributed by atoms with van der Waals surface area (Å²) in [6, 6.07) is 0. The molecule has 1 atom stereocenters. The Morgan fingerprint density at radius 3 is 2.94 bits per heavy atom. The lowest BCUT2D eigenvalue weighted by Crippen LogP contribution is -2.39. The summed E-state index contributed by atoms with van der Waals surface area (Å²) in [5, 5.41) is 1.12. The molecule has 1 aliphatic rings. The van der Waals surface area contributed by atoms with E-state index >= 15 is 0 Å². The molecule has 2 N–H and O–H groups in total. The van der Waals surface area contributed by atoms with E-state index < -0.39 is 0 Å². The van der Waals surface area contributed by atoms with Gasteiger partial charge in [0.05, 0.1) is 11.8 Å². The van der Waals surface area contributed by atoms with Crippen molar-refractivity contribution >= 4 is 16.5 Å². The average Bonchev–Trinajstić information content (AvgIpc) is 2.82. The summed E-state index contributed by atoms with van der Waals surface area (Å²) in [4.78, 5) is 8.31. The normalized spacial score (nSPS) is 20.4. The molecule has 0 bridgehead atoms. The second-order valence-electron chi connectivity index (χ2n) is 4.59. The van der Waals surface area contributed by atoms with Crippen LogP contribution < -0.4 is 10.6 Å². The van der Waals surface area contributed by atoms with E-state index in [9.17, 15) is 0 Å². The van der Waals surface area contributed by atoms with Crippen molar-refractivity contribution in [1.82, 2.24) is 4.98 Å². The van der Waals surface area contributed by atoms with Crippen molar-refractivity contribution in [3.8, 4) is 0 Å². The molecular formula is C13H23N3OS. The van der Waals surface area contributed by atoms with E-state index in [0.29, 0.717) is 12.6 Å². The van der Waals surface area contributed by atoms with Gasteiger partial charge < -0.3 is 15.4 Å². The van der Waals surface area contributed by atoms with E-state index in [4.69, 9.17) is 15.5 Å². The third-order valence-electron chi connectivity index (χ3n) is 3.34. The lowest BCUT2D eigenvalue weighted by atomic mass is 10.1. The maximum atomic E-state index is 5.77. The van der Waals surface area contributed by atoms with Crippen LogP contribution in [0.3, 0.4) is 0 Å². The number of rotatable bonds is 5. The van der Waals surface area contributed by atoms with Gasteiger partial charge in [0.1, 0.15) is 0 Å². The van der Waals surface area contributed by atoms with E-state index in [1.54, 1.807) is 11.3 Å². The number of hydrogen-bond acceptors (Lipinski definition) is 5. The predicted octanol–water partition coefficient (Wildman–Crippen LogP) is 2.17. The Kier molecular flexibility index (Phi) is 4.97. The molecule has 0 saturated carbocycles. The number of anilines is 1. The molecule has 18 heavy (non-hydrogen) atoms. The zero-order valence-electron chi connectivity index (χ0n) is 11.3. The second kappa shape index (κ2) is 6.50. The van der Waals surface area contributed by atoms with Gasteiger partial charge in [0.15, 0.2) is 5.13 Å². The zero-order valence-corrected chi connectivity index (χ0v) is 12.1. The fourth-order valence-corrected chi connectivity index (χ4v) is 3.49. The van der Waals surface area contributed by atoms with Crippen LogP contribution >= 0.6 is 11.3 Å². The van der Waals surface area contributed by atoms with Crippen LogP contribution in [0.4, 0.5) is 5.13 Å². The number of aryl methyl sites for hydroxylation is 1. The minimum atomic E-state index is 0.360. The Morgan fingerprint density at radius 2 is 2.33 bits per heavy atom. The number of thiazole rings is 1. The van der Waals surface area contributed by atoms with Gasteiger partial charge in [-0.05, 0) is 26.2 Å². The van der Waals surface area contributed by atoms with Crippen LogP contribution in [-0.2, 0) is 17.7 Å². The van der Waals surface area contributed by atoms with Gasteiger partial charge in [-0.1, -0.05) is 6.92 Å². The average molecular weight is 269 g/mol. The van der Waals surface area contributed by atoms with Gasteiger partial charge in [-0.2, -0.15) is 0 Å². The minimum Gasteiger partial charge on any atom is -0.377 e. The lowest BCUT2D eigenvalue weighted by molar-refractivity contribution is 0.0526. The summed E-state index contributed by atoms with van der Waals surface area (Å²) in [7, 11) is 0. The molecule has 1 aliphatic heterocycles. The summed E-state index contributed by atoms with van der Waals surface area (Å²) >= 11 is 1.74.